The minimum atomic E-state index is -0.588. The van der Waals surface area contributed by atoms with Crippen LogP contribution in [0.15, 0.2) is 16.8 Å². The molecule has 2 saturated heterocycles. The third-order valence-electron chi connectivity index (χ3n) is 3.95. The van der Waals surface area contributed by atoms with Crippen LogP contribution in [0.3, 0.4) is 0 Å². The highest BCUT2D eigenvalue weighted by atomic mass is 32.1. The first-order chi connectivity index (χ1) is 10.1. The minimum absolute atomic E-state index is 0.0526. The van der Waals surface area contributed by atoms with E-state index in [-0.39, 0.29) is 24.6 Å². The van der Waals surface area contributed by atoms with Crippen molar-refractivity contribution in [2.45, 2.75) is 77.0 Å². The quantitative estimate of drug-likeness (QED) is 0.802. The van der Waals surface area contributed by atoms with Gasteiger partial charge in [0.2, 0.25) is 0 Å². The molecular formula is C16H24O4S. The summed E-state index contributed by atoms with van der Waals surface area (Å²) < 4.78 is 24.0. The monoisotopic (exact) mass is 312 g/mol. The number of unbranched alkanes of at least 4 members (excludes halogenated alkanes) is 1. The number of ether oxygens (including phenoxy) is 4. The first-order valence-corrected chi connectivity index (χ1v) is 8.67. The number of fused-ring (bicyclic) bond motifs is 1. The van der Waals surface area contributed by atoms with E-state index in [1.54, 1.807) is 11.3 Å². The molecule has 21 heavy (non-hydrogen) atoms. The average molecular weight is 312 g/mol. The maximum atomic E-state index is 6.14. The van der Waals surface area contributed by atoms with Crippen molar-refractivity contribution in [3.63, 3.8) is 0 Å². The first-order valence-electron chi connectivity index (χ1n) is 7.73. The molecule has 3 heterocycles. The lowest BCUT2D eigenvalue weighted by Crippen LogP contribution is -2.36. The van der Waals surface area contributed by atoms with Crippen LogP contribution >= 0.6 is 11.3 Å². The fourth-order valence-electron chi connectivity index (χ4n) is 2.95. The molecule has 0 unspecified atom stereocenters. The van der Waals surface area contributed by atoms with Crippen molar-refractivity contribution < 1.29 is 18.9 Å². The largest absolute Gasteiger partial charge is 0.368 e. The molecule has 1 aromatic heterocycles. The van der Waals surface area contributed by atoms with E-state index in [9.17, 15) is 0 Å². The number of hydrogen-bond donors (Lipinski definition) is 0. The average Bonchev–Trinajstić information content (AvgIpc) is 3.09. The molecule has 0 N–H and O–H groups in total. The van der Waals surface area contributed by atoms with Crippen LogP contribution < -0.4 is 0 Å². The number of rotatable bonds is 6. The predicted molar refractivity (Wildman–Crippen MR) is 81.1 cm³/mol. The van der Waals surface area contributed by atoms with Gasteiger partial charge in [-0.1, -0.05) is 19.8 Å². The maximum absolute atomic E-state index is 6.14. The molecule has 0 spiro atoms. The van der Waals surface area contributed by atoms with E-state index in [1.165, 1.54) is 5.56 Å². The zero-order valence-corrected chi connectivity index (χ0v) is 13.7. The Morgan fingerprint density at radius 2 is 2.19 bits per heavy atom. The van der Waals surface area contributed by atoms with Gasteiger partial charge in [-0.15, -0.1) is 0 Å². The summed E-state index contributed by atoms with van der Waals surface area (Å²) in [6.45, 7) is 6.64. The van der Waals surface area contributed by atoms with Gasteiger partial charge in [0.25, 0.3) is 0 Å². The lowest BCUT2D eigenvalue weighted by Gasteiger charge is -2.25. The van der Waals surface area contributed by atoms with E-state index >= 15 is 0 Å². The molecule has 0 radical (unpaired) electrons. The zero-order chi connectivity index (χ0) is 14.9. The summed E-state index contributed by atoms with van der Waals surface area (Å²) in [5.41, 5.74) is 1.20. The predicted octanol–water partition coefficient (Wildman–Crippen LogP) is 3.70. The molecule has 0 amide bonds. The molecule has 2 aliphatic rings. The van der Waals surface area contributed by atoms with Crippen LogP contribution in [0.5, 0.6) is 0 Å². The second kappa shape index (κ2) is 6.34. The summed E-state index contributed by atoms with van der Waals surface area (Å²) in [5, 5.41) is 4.18. The molecule has 3 rings (SSSR count). The molecule has 118 valence electrons. The second-order valence-corrected chi connectivity index (χ2v) is 6.97. The molecule has 0 aromatic carbocycles. The molecule has 2 aliphatic heterocycles. The molecule has 4 nitrogen and oxygen atoms in total. The Morgan fingerprint density at radius 3 is 2.90 bits per heavy atom. The molecule has 1 aromatic rings. The molecule has 0 bridgehead atoms. The summed E-state index contributed by atoms with van der Waals surface area (Å²) in [7, 11) is 0. The van der Waals surface area contributed by atoms with Crippen molar-refractivity contribution >= 4 is 11.3 Å². The van der Waals surface area contributed by atoms with Crippen molar-refractivity contribution in [1.29, 1.82) is 0 Å². The van der Waals surface area contributed by atoms with Crippen molar-refractivity contribution in [1.82, 2.24) is 0 Å². The highest BCUT2D eigenvalue weighted by molar-refractivity contribution is 7.07. The lowest BCUT2D eigenvalue weighted by molar-refractivity contribution is -0.219. The Morgan fingerprint density at radius 1 is 1.33 bits per heavy atom. The summed E-state index contributed by atoms with van der Waals surface area (Å²) >= 11 is 1.69. The summed E-state index contributed by atoms with van der Waals surface area (Å²) in [6, 6.07) is 2.09. The topological polar surface area (TPSA) is 36.9 Å². The van der Waals surface area contributed by atoms with Crippen LogP contribution in [0.25, 0.3) is 0 Å². The summed E-state index contributed by atoms with van der Waals surface area (Å²) in [4.78, 5) is 0. The van der Waals surface area contributed by atoms with Crippen LogP contribution in [-0.4, -0.2) is 30.4 Å². The van der Waals surface area contributed by atoms with Crippen molar-refractivity contribution in [3.8, 4) is 0 Å². The van der Waals surface area contributed by atoms with E-state index in [1.807, 2.05) is 13.8 Å². The molecule has 0 saturated carbocycles. The van der Waals surface area contributed by atoms with E-state index in [2.05, 4.69) is 23.8 Å². The van der Waals surface area contributed by atoms with Crippen LogP contribution in [0.2, 0.25) is 0 Å². The standard InChI is InChI=1S/C16H24O4S/c1-4-5-6-12-13(17-9-11-7-8-21-10-11)14-15(18-12)20-16(2,3)19-14/h7-8,10,12-15H,4-6,9H2,1-3H3/t12-,13+,14-,15-/m1/s1. The third-order valence-corrected chi connectivity index (χ3v) is 4.68. The Labute approximate surface area is 130 Å². The Hall–Kier alpha value is -0.460. The van der Waals surface area contributed by atoms with Crippen molar-refractivity contribution in [2.75, 3.05) is 0 Å². The van der Waals surface area contributed by atoms with E-state index in [0.717, 1.165) is 19.3 Å². The number of thiophene rings is 1. The van der Waals surface area contributed by atoms with Gasteiger partial charge in [0.05, 0.1) is 12.7 Å². The highest BCUT2D eigenvalue weighted by Gasteiger charge is 2.54. The lowest BCUT2D eigenvalue weighted by atomic mass is 10.1. The molecule has 5 heteroatoms. The molecule has 0 aliphatic carbocycles. The van der Waals surface area contributed by atoms with E-state index in [4.69, 9.17) is 18.9 Å². The molecular weight excluding hydrogens is 288 g/mol. The van der Waals surface area contributed by atoms with Gasteiger partial charge in [-0.25, -0.2) is 0 Å². The van der Waals surface area contributed by atoms with Gasteiger partial charge < -0.3 is 18.9 Å². The molecule has 2 fully saturated rings. The van der Waals surface area contributed by atoms with Crippen LogP contribution in [0.4, 0.5) is 0 Å². The summed E-state index contributed by atoms with van der Waals surface area (Å²) in [5.74, 6) is -0.588. The van der Waals surface area contributed by atoms with Gasteiger partial charge in [0, 0.05) is 0 Å². The fourth-order valence-corrected chi connectivity index (χ4v) is 3.61. The number of hydrogen-bond acceptors (Lipinski definition) is 5. The van der Waals surface area contributed by atoms with Crippen molar-refractivity contribution in [3.05, 3.63) is 22.4 Å². The SMILES string of the molecule is CCCC[C@H]1O[C@@H]2OC(C)(C)O[C@@H]2[C@H]1OCc1ccsc1. The van der Waals surface area contributed by atoms with Crippen LogP contribution in [0, 0.1) is 0 Å². The minimum Gasteiger partial charge on any atom is -0.368 e. The van der Waals surface area contributed by atoms with Gasteiger partial charge >= 0.3 is 0 Å². The van der Waals surface area contributed by atoms with Gasteiger partial charge in [-0.05, 0) is 42.7 Å². The Bertz CT molecular complexity index is 445. The molecule has 4 atom stereocenters. The van der Waals surface area contributed by atoms with Gasteiger partial charge in [0.15, 0.2) is 12.1 Å². The third kappa shape index (κ3) is 3.48. The van der Waals surface area contributed by atoms with Gasteiger partial charge in [-0.2, -0.15) is 11.3 Å². The van der Waals surface area contributed by atoms with Crippen LogP contribution in [-0.2, 0) is 25.6 Å². The normalized spacial score (nSPS) is 34.2. The van der Waals surface area contributed by atoms with E-state index in [0.29, 0.717) is 6.61 Å². The van der Waals surface area contributed by atoms with Crippen molar-refractivity contribution in [2.24, 2.45) is 0 Å². The Balaban J connectivity index is 1.65. The maximum Gasteiger partial charge on any atom is 0.190 e. The van der Waals surface area contributed by atoms with Crippen LogP contribution in [0.1, 0.15) is 45.6 Å². The Kier molecular flexibility index (Phi) is 4.66. The van der Waals surface area contributed by atoms with Gasteiger partial charge in [0.1, 0.15) is 12.2 Å². The first kappa shape index (κ1) is 15.4. The van der Waals surface area contributed by atoms with E-state index < -0.39 is 5.79 Å². The fraction of sp³-hybridized carbons (Fsp3) is 0.750. The zero-order valence-electron chi connectivity index (χ0n) is 12.9. The summed E-state index contributed by atoms with van der Waals surface area (Å²) in [6.07, 6.45) is 2.86. The highest BCUT2D eigenvalue weighted by Crippen LogP contribution is 2.40. The van der Waals surface area contributed by atoms with Gasteiger partial charge in [-0.3, -0.25) is 0 Å². The smallest absolute Gasteiger partial charge is 0.190 e. The second-order valence-electron chi connectivity index (χ2n) is 6.19.